The van der Waals surface area contributed by atoms with E-state index >= 15 is 0 Å². The summed E-state index contributed by atoms with van der Waals surface area (Å²) in [7, 11) is 0. The summed E-state index contributed by atoms with van der Waals surface area (Å²) in [5.74, 6) is 0.283. The number of fused-ring (bicyclic) bond motifs is 1. The fourth-order valence-electron chi connectivity index (χ4n) is 3.59. The average molecular weight is 292 g/mol. The Kier molecular flexibility index (Phi) is 4.13. The van der Waals surface area contributed by atoms with Gasteiger partial charge < -0.3 is 10.6 Å². The van der Waals surface area contributed by atoms with Gasteiger partial charge in [-0.1, -0.05) is 6.92 Å². The molecule has 1 aliphatic heterocycles. The normalized spacial score (nSPS) is 24.9. The van der Waals surface area contributed by atoms with E-state index in [0.29, 0.717) is 0 Å². The minimum absolute atomic E-state index is 0.140. The first kappa shape index (κ1) is 14.1. The second kappa shape index (κ2) is 5.86. The van der Waals surface area contributed by atoms with Crippen molar-refractivity contribution in [2.75, 3.05) is 13.1 Å². The summed E-state index contributed by atoms with van der Waals surface area (Å²) in [5, 5.41) is 8.89. The Labute approximate surface area is 125 Å². The van der Waals surface area contributed by atoms with Gasteiger partial charge in [0.2, 0.25) is 5.91 Å². The molecule has 1 aliphatic carbocycles. The van der Waals surface area contributed by atoms with Crippen molar-refractivity contribution in [1.82, 2.24) is 10.6 Å². The standard InChI is InChI=1S/C16H24N2OS/c1-2-16(7-9-17-10-8-16)15(19)18-13-4-3-5-14-12(13)6-11-20-14/h6,11,13,17H,2-5,7-10H2,1H3,(H,18,19). The number of carbonyl (C=O) groups excluding carboxylic acids is 1. The first-order chi connectivity index (χ1) is 9.75. The lowest BCUT2D eigenvalue weighted by molar-refractivity contribution is -0.133. The lowest BCUT2D eigenvalue weighted by Crippen LogP contribution is -2.48. The van der Waals surface area contributed by atoms with E-state index in [2.05, 4.69) is 29.0 Å². The van der Waals surface area contributed by atoms with Crippen molar-refractivity contribution in [3.63, 3.8) is 0 Å². The van der Waals surface area contributed by atoms with Gasteiger partial charge in [-0.2, -0.15) is 0 Å². The molecule has 0 aromatic carbocycles. The smallest absolute Gasteiger partial charge is 0.226 e. The summed E-state index contributed by atoms with van der Waals surface area (Å²) in [6, 6.07) is 2.45. The van der Waals surface area contributed by atoms with Crippen LogP contribution >= 0.6 is 11.3 Å². The maximum Gasteiger partial charge on any atom is 0.226 e. The summed E-state index contributed by atoms with van der Waals surface area (Å²) < 4.78 is 0. The number of piperidine rings is 1. The van der Waals surface area contributed by atoms with E-state index in [4.69, 9.17) is 0 Å². The minimum atomic E-state index is -0.140. The first-order valence-electron chi connectivity index (χ1n) is 7.83. The molecular weight excluding hydrogens is 268 g/mol. The molecule has 1 aromatic rings. The number of hydrogen-bond donors (Lipinski definition) is 2. The molecule has 3 nitrogen and oxygen atoms in total. The first-order valence-corrected chi connectivity index (χ1v) is 8.71. The van der Waals surface area contributed by atoms with Crippen LogP contribution in [0.25, 0.3) is 0 Å². The van der Waals surface area contributed by atoms with Crippen LogP contribution in [0.1, 0.15) is 55.5 Å². The van der Waals surface area contributed by atoms with Gasteiger partial charge in [0.25, 0.3) is 0 Å². The molecule has 1 amide bonds. The summed E-state index contributed by atoms with van der Waals surface area (Å²) in [4.78, 5) is 14.3. The van der Waals surface area contributed by atoms with Crippen LogP contribution in [-0.4, -0.2) is 19.0 Å². The molecule has 1 atom stereocenters. The highest BCUT2D eigenvalue weighted by Crippen LogP contribution is 2.37. The number of nitrogens with one attached hydrogen (secondary N) is 2. The monoisotopic (exact) mass is 292 g/mol. The fourth-order valence-corrected chi connectivity index (χ4v) is 4.58. The van der Waals surface area contributed by atoms with Gasteiger partial charge in [-0.3, -0.25) is 4.79 Å². The number of carbonyl (C=O) groups is 1. The highest BCUT2D eigenvalue weighted by Gasteiger charge is 2.39. The van der Waals surface area contributed by atoms with Crippen LogP contribution < -0.4 is 10.6 Å². The molecule has 20 heavy (non-hydrogen) atoms. The van der Waals surface area contributed by atoms with Gasteiger partial charge in [-0.25, -0.2) is 0 Å². The van der Waals surface area contributed by atoms with Gasteiger partial charge in [0.05, 0.1) is 11.5 Å². The Morgan fingerprint density at radius 1 is 1.50 bits per heavy atom. The van der Waals surface area contributed by atoms with E-state index in [0.717, 1.165) is 38.8 Å². The molecule has 1 saturated heterocycles. The Hall–Kier alpha value is -0.870. The van der Waals surface area contributed by atoms with Crippen LogP contribution in [0.2, 0.25) is 0 Å². The van der Waals surface area contributed by atoms with Crippen LogP contribution in [0.5, 0.6) is 0 Å². The van der Waals surface area contributed by atoms with Crippen molar-refractivity contribution in [2.45, 2.75) is 51.5 Å². The molecule has 3 rings (SSSR count). The predicted octanol–water partition coefficient (Wildman–Crippen LogP) is 3.02. The molecule has 2 heterocycles. The molecule has 1 fully saturated rings. The van der Waals surface area contributed by atoms with Crippen molar-refractivity contribution in [3.8, 4) is 0 Å². The van der Waals surface area contributed by atoms with Gasteiger partial charge in [0.15, 0.2) is 0 Å². The van der Waals surface area contributed by atoms with E-state index in [1.54, 1.807) is 0 Å². The van der Waals surface area contributed by atoms with E-state index in [9.17, 15) is 4.79 Å². The van der Waals surface area contributed by atoms with Gasteiger partial charge in [0.1, 0.15) is 0 Å². The summed E-state index contributed by atoms with van der Waals surface area (Å²) in [6.45, 7) is 4.09. The quantitative estimate of drug-likeness (QED) is 0.899. The Bertz CT molecular complexity index is 477. The third kappa shape index (κ3) is 2.51. The number of rotatable bonds is 3. The molecular formula is C16H24N2OS. The SMILES string of the molecule is CCC1(C(=O)NC2CCCc3sccc32)CCNCC1. The molecule has 0 radical (unpaired) electrons. The van der Waals surface area contributed by atoms with Crippen molar-refractivity contribution in [3.05, 3.63) is 21.9 Å². The second-order valence-corrected chi connectivity index (χ2v) is 7.10. The van der Waals surface area contributed by atoms with Crippen molar-refractivity contribution in [2.24, 2.45) is 5.41 Å². The molecule has 4 heteroatoms. The molecule has 2 N–H and O–H groups in total. The van der Waals surface area contributed by atoms with E-state index < -0.39 is 0 Å². The van der Waals surface area contributed by atoms with E-state index in [1.807, 2.05) is 11.3 Å². The maximum atomic E-state index is 12.8. The number of amides is 1. The zero-order chi connectivity index (χ0) is 14.0. The zero-order valence-electron chi connectivity index (χ0n) is 12.2. The second-order valence-electron chi connectivity index (χ2n) is 6.10. The van der Waals surface area contributed by atoms with Crippen LogP contribution in [0.3, 0.4) is 0 Å². The summed E-state index contributed by atoms with van der Waals surface area (Å²) in [6.07, 6.45) is 6.36. The van der Waals surface area contributed by atoms with E-state index in [-0.39, 0.29) is 17.4 Å². The molecule has 0 bridgehead atoms. The van der Waals surface area contributed by atoms with Crippen molar-refractivity contribution < 1.29 is 4.79 Å². The van der Waals surface area contributed by atoms with Gasteiger partial charge in [-0.15, -0.1) is 11.3 Å². The summed E-state index contributed by atoms with van der Waals surface area (Å²) in [5.41, 5.74) is 1.23. The highest BCUT2D eigenvalue weighted by molar-refractivity contribution is 7.10. The van der Waals surface area contributed by atoms with Crippen LogP contribution in [0, 0.1) is 5.41 Å². The van der Waals surface area contributed by atoms with Crippen LogP contribution in [0.4, 0.5) is 0 Å². The molecule has 0 spiro atoms. The number of hydrogen-bond acceptors (Lipinski definition) is 3. The average Bonchev–Trinajstić information content (AvgIpc) is 2.97. The Morgan fingerprint density at radius 2 is 2.30 bits per heavy atom. The molecule has 1 unspecified atom stereocenters. The Morgan fingerprint density at radius 3 is 3.05 bits per heavy atom. The van der Waals surface area contributed by atoms with Crippen LogP contribution in [0.15, 0.2) is 11.4 Å². The summed E-state index contributed by atoms with van der Waals surface area (Å²) >= 11 is 1.84. The third-order valence-electron chi connectivity index (χ3n) is 5.08. The lowest BCUT2D eigenvalue weighted by atomic mass is 9.75. The molecule has 110 valence electrons. The number of thiophene rings is 1. The lowest BCUT2D eigenvalue weighted by Gasteiger charge is -2.37. The molecule has 0 saturated carbocycles. The minimum Gasteiger partial charge on any atom is -0.349 e. The topological polar surface area (TPSA) is 41.1 Å². The zero-order valence-corrected chi connectivity index (χ0v) is 13.0. The Balaban J connectivity index is 1.73. The maximum absolute atomic E-state index is 12.8. The molecule has 2 aliphatic rings. The largest absolute Gasteiger partial charge is 0.349 e. The van der Waals surface area contributed by atoms with Gasteiger partial charge in [-0.05, 0) is 68.6 Å². The van der Waals surface area contributed by atoms with Gasteiger partial charge in [0, 0.05) is 4.88 Å². The highest BCUT2D eigenvalue weighted by atomic mass is 32.1. The molecule has 1 aromatic heterocycles. The van der Waals surface area contributed by atoms with Crippen molar-refractivity contribution in [1.29, 1.82) is 0 Å². The predicted molar refractivity (Wildman–Crippen MR) is 83.0 cm³/mol. The van der Waals surface area contributed by atoms with Crippen LogP contribution in [-0.2, 0) is 11.2 Å². The third-order valence-corrected chi connectivity index (χ3v) is 6.07. The number of aryl methyl sites for hydroxylation is 1. The van der Waals surface area contributed by atoms with Crippen molar-refractivity contribution >= 4 is 17.2 Å². The van der Waals surface area contributed by atoms with E-state index in [1.165, 1.54) is 23.3 Å². The fraction of sp³-hybridized carbons (Fsp3) is 0.688. The van der Waals surface area contributed by atoms with Gasteiger partial charge >= 0.3 is 0 Å².